The van der Waals surface area contributed by atoms with Gasteiger partial charge in [0.25, 0.3) is 0 Å². The maximum Gasteiger partial charge on any atom is 0.225 e. The second-order valence-electron chi connectivity index (χ2n) is 6.74. The highest BCUT2D eigenvalue weighted by Gasteiger charge is 2.16. The van der Waals surface area contributed by atoms with E-state index in [0.717, 1.165) is 12.0 Å². The van der Waals surface area contributed by atoms with Gasteiger partial charge in [-0.25, -0.2) is 4.39 Å². The molecule has 1 aliphatic carbocycles. The molecule has 25 heavy (non-hydrogen) atoms. The molecular formula is C19H23ClFN3O. The normalized spacial score (nSPS) is 15.3. The van der Waals surface area contributed by atoms with Crippen molar-refractivity contribution in [1.29, 1.82) is 0 Å². The van der Waals surface area contributed by atoms with Gasteiger partial charge in [0.1, 0.15) is 10.8 Å². The van der Waals surface area contributed by atoms with Crippen LogP contribution in [0.15, 0.2) is 30.5 Å². The number of halogens is 2. The zero-order chi connectivity index (χ0) is 17.6. The molecule has 0 unspecified atom stereocenters. The predicted octanol–water partition coefficient (Wildman–Crippen LogP) is 5.02. The van der Waals surface area contributed by atoms with E-state index in [-0.39, 0.29) is 11.7 Å². The maximum absolute atomic E-state index is 13.0. The van der Waals surface area contributed by atoms with E-state index in [2.05, 4.69) is 10.4 Å². The molecule has 1 saturated carbocycles. The van der Waals surface area contributed by atoms with Crippen molar-refractivity contribution in [1.82, 2.24) is 9.78 Å². The summed E-state index contributed by atoms with van der Waals surface area (Å²) in [6.07, 6.45) is 9.47. The summed E-state index contributed by atoms with van der Waals surface area (Å²) in [5.41, 5.74) is 0.913. The Hall–Kier alpha value is -1.88. The molecule has 3 rings (SSSR count). The summed E-state index contributed by atoms with van der Waals surface area (Å²) in [6.45, 7) is 0.470. The highest BCUT2D eigenvalue weighted by molar-refractivity contribution is 6.33. The number of hydrogen-bond donors (Lipinski definition) is 1. The molecular weight excluding hydrogens is 341 g/mol. The van der Waals surface area contributed by atoms with Crippen molar-refractivity contribution in [3.63, 3.8) is 0 Å². The van der Waals surface area contributed by atoms with Gasteiger partial charge in [-0.1, -0.05) is 55.8 Å². The second kappa shape index (κ2) is 8.48. The Balaban J connectivity index is 1.52. The zero-order valence-electron chi connectivity index (χ0n) is 14.2. The Bertz CT molecular complexity index is 708. The fraction of sp³-hybridized carbons (Fsp3) is 0.474. The number of nitrogens with one attached hydrogen (secondary N) is 1. The Morgan fingerprint density at radius 3 is 2.68 bits per heavy atom. The molecule has 0 atom stereocenters. The van der Waals surface area contributed by atoms with Gasteiger partial charge in [-0.15, -0.1) is 0 Å². The molecule has 0 spiro atoms. The van der Waals surface area contributed by atoms with Crippen LogP contribution in [0.25, 0.3) is 0 Å². The van der Waals surface area contributed by atoms with Crippen LogP contribution < -0.4 is 5.32 Å². The van der Waals surface area contributed by atoms with E-state index in [1.165, 1.54) is 44.2 Å². The first-order chi connectivity index (χ1) is 12.1. The fourth-order valence-corrected chi connectivity index (χ4v) is 3.54. The first-order valence-corrected chi connectivity index (χ1v) is 9.25. The molecule has 4 nitrogen and oxygen atoms in total. The number of rotatable bonds is 6. The van der Waals surface area contributed by atoms with Crippen LogP contribution in [0, 0.1) is 11.7 Å². The van der Waals surface area contributed by atoms with E-state index in [9.17, 15) is 9.18 Å². The topological polar surface area (TPSA) is 46.9 Å². The number of nitrogens with zero attached hydrogens (tertiary/aromatic N) is 2. The summed E-state index contributed by atoms with van der Waals surface area (Å²) < 4.78 is 14.6. The molecule has 1 amide bonds. The van der Waals surface area contributed by atoms with E-state index in [4.69, 9.17) is 11.6 Å². The molecule has 6 heteroatoms. The van der Waals surface area contributed by atoms with Crippen molar-refractivity contribution in [3.05, 3.63) is 46.9 Å². The first kappa shape index (κ1) is 17.9. The molecule has 0 aliphatic heterocycles. The number of aromatic nitrogens is 2. The van der Waals surface area contributed by atoms with Crippen LogP contribution in [0.1, 0.15) is 50.5 Å². The largest absolute Gasteiger partial charge is 0.308 e. The van der Waals surface area contributed by atoms with Crippen LogP contribution in [0.3, 0.4) is 0 Å². The molecule has 2 aromatic rings. The van der Waals surface area contributed by atoms with Crippen LogP contribution in [-0.4, -0.2) is 15.7 Å². The smallest absolute Gasteiger partial charge is 0.225 e. The van der Waals surface area contributed by atoms with Gasteiger partial charge in [0.15, 0.2) is 5.82 Å². The van der Waals surface area contributed by atoms with Crippen molar-refractivity contribution >= 4 is 23.3 Å². The van der Waals surface area contributed by atoms with Gasteiger partial charge in [0.05, 0.1) is 6.54 Å². The maximum atomic E-state index is 13.0. The monoisotopic (exact) mass is 363 g/mol. The van der Waals surface area contributed by atoms with Crippen molar-refractivity contribution in [3.8, 4) is 0 Å². The molecule has 1 aromatic carbocycles. The van der Waals surface area contributed by atoms with E-state index in [0.29, 0.717) is 29.7 Å². The summed E-state index contributed by atoms with van der Waals surface area (Å²) >= 11 is 6.17. The lowest BCUT2D eigenvalue weighted by Gasteiger charge is -2.20. The highest BCUT2D eigenvalue weighted by Crippen LogP contribution is 2.27. The molecule has 0 saturated heterocycles. The summed E-state index contributed by atoms with van der Waals surface area (Å²) in [5, 5.41) is 7.53. The molecule has 1 N–H and O–H groups in total. The third kappa shape index (κ3) is 5.30. The number of hydrogen-bond acceptors (Lipinski definition) is 2. The number of amides is 1. The van der Waals surface area contributed by atoms with E-state index in [1.807, 2.05) is 0 Å². The Kier molecular flexibility index (Phi) is 6.08. The molecule has 1 fully saturated rings. The summed E-state index contributed by atoms with van der Waals surface area (Å²) in [6, 6.07) is 6.23. The van der Waals surface area contributed by atoms with Gasteiger partial charge in [-0.05, 0) is 30.0 Å². The van der Waals surface area contributed by atoms with Crippen molar-refractivity contribution in [2.24, 2.45) is 5.92 Å². The summed E-state index contributed by atoms with van der Waals surface area (Å²) in [5.74, 6) is 0.746. The number of carbonyl (C=O) groups excluding carboxylic acids is 1. The van der Waals surface area contributed by atoms with Crippen LogP contribution >= 0.6 is 11.6 Å². The third-order valence-electron chi connectivity index (χ3n) is 4.74. The molecule has 1 aliphatic rings. The van der Waals surface area contributed by atoms with E-state index in [1.54, 1.807) is 23.0 Å². The standard InChI is InChI=1S/C19H23ClFN3O/c20-17-13-24(12-15-6-9-16(21)10-7-15)23-19(17)22-18(25)11-8-14-4-2-1-3-5-14/h6-7,9-10,13-14H,1-5,8,11-12H2,(H,22,23,25). The van der Waals surface area contributed by atoms with Gasteiger partial charge in [0, 0.05) is 12.6 Å². The van der Waals surface area contributed by atoms with E-state index < -0.39 is 0 Å². The third-order valence-corrected chi connectivity index (χ3v) is 5.01. The Labute approximate surface area is 152 Å². The van der Waals surface area contributed by atoms with Crippen molar-refractivity contribution in [2.75, 3.05) is 5.32 Å². The molecule has 0 bridgehead atoms. The minimum absolute atomic E-state index is 0.0421. The lowest BCUT2D eigenvalue weighted by molar-refractivity contribution is -0.116. The average Bonchev–Trinajstić information content (AvgIpc) is 2.95. The second-order valence-corrected chi connectivity index (χ2v) is 7.15. The van der Waals surface area contributed by atoms with Crippen molar-refractivity contribution in [2.45, 2.75) is 51.5 Å². The molecule has 1 aromatic heterocycles. The molecule has 1 heterocycles. The SMILES string of the molecule is O=C(CCC1CCCCC1)Nc1nn(Cc2ccc(F)cc2)cc1Cl. The molecule has 134 valence electrons. The summed E-state index contributed by atoms with van der Waals surface area (Å²) in [7, 11) is 0. The minimum atomic E-state index is -0.270. The lowest BCUT2D eigenvalue weighted by Crippen LogP contribution is -2.15. The zero-order valence-corrected chi connectivity index (χ0v) is 14.9. The average molecular weight is 364 g/mol. The van der Waals surface area contributed by atoms with Crippen LogP contribution in [0.4, 0.5) is 10.2 Å². The van der Waals surface area contributed by atoms with Gasteiger partial charge < -0.3 is 5.32 Å². The first-order valence-electron chi connectivity index (χ1n) is 8.87. The van der Waals surface area contributed by atoms with Gasteiger partial charge in [-0.2, -0.15) is 5.10 Å². The van der Waals surface area contributed by atoms with Gasteiger partial charge in [-0.3, -0.25) is 9.48 Å². The summed E-state index contributed by atoms with van der Waals surface area (Å²) in [4.78, 5) is 12.2. The van der Waals surface area contributed by atoms with E-state index >= 15 is 0 Å². The minimum Gasteiger partial charge on any atom is -0.308 e. The van der Waals surface area contributed by atoms with Crippen LogP contribution in [-0.2, 0) is 11.3 Å². The van der Waals surface area contributed by atoms with Gasteiger partial charge in [0.2, 0.25) is 5.91 Å². The van der Waals surface area contributed by atoms with Crippen molar-refractivity contribution < 1.29 is 9.18 Å². The Morgan fingerprint density at radius 2 is 1.96 bits per heavy atom. The number of benzene rings is 1. The predicted molar refractivity (Wildman–Crippen MR) is 97.2 cm³/mol. The van der Waals surface area contributed by atoms with Crippen LogP contribution in [0.2, 0.25) is 5.02 Å². The lowest BCUT2D eigenvalue weighted by atomic mass is 9.86. The number of anilines is 1. The molecule has 0 radical (unpaired) electrons. The quantitative estimate of drug-likeness (QED) is 0.783. The van der Waals surface area contributed by atoms with Gasteiger partial charge >= 0.3 is 0 Å². The number of carbonyl (C=O) groups is 1. The Morgan fingerprint density at radius 1 is 1.24 bits per heavy atom. The fourth-order valence-electron chi connectivity index (χ4n) is 3.35. The van der Waals surface area contributed by atoms with Crippen LogP contribution in [0.5, 0.6) is 0 Å². The highest BCUT2D eigenvalue weighted by atomic mass is 35.5.